The van der Waals surface area contributed by atoms with Gasteiger partial charge in [-0.05, 0) is 13.8 Å². The summed E-state index contributed by atoms with van der Waals surface area (Å²) in [6, 6.07) is -0.631. The van der Waals surface area contributed by atoms with E-state index in [1.807, 2.05) is 18.7 Å². The Hall–Kier alpha value is -1.18. The van der Waals surface area contributed by atoms with Crippen molar-refractivity contribution in [1.82, 2.24) is 20.9 Å². The van der Waals surface area contributed by atoms with Gasteiger partial charge in [-0.25, -0.2) is 0 Å². The maximum Gasteiger partial charge on any atom is 0.238 e. The van der Waals surface area contributed by atoms with E-state index in [9.17, 15) is 9.59 Å². The summed E-state index contributed by atoms with van der Waals surface area (Å²) in [7, 11) is 1.59. The highest BCUT2D eigenvalue weighted by Gasteiger charge is 2.34. The molecule has 7 nitrogen and oxygen atoms in total. The van der Waals surface area contributed by atoms with Crippen LogP contribution in [0.4, 0.5) is 0 Å². The Bertz CT molecular complexity index is 325. The number of methoxy groups -OCH3 is 1. The van der Waals surface area contributed by atoms with Crippen LogP contribution in [0.15, 0.2) is 0 Å². The maximum atomic E-state index is 12.1. The second-order valence-electron chi connectivity index (χ2n) is 4.81. The normalized spacial score (nSPS) is 21.2. The predicted octanol–water partition coefficient (Wildman–Crippen LogP) is -1.45. The molecule has 0 spiro atoms. The molecule has 0 aliphatic carbocycles. The maximum absolute atomic E-state index is 12.1. The van der Waals surface area contributed by atoms with Gasteiger partial charge in [0.05, 0.1) is 12.6 Å². The van der Waals surface area contributed by atoms with Crippen LogP contribution in [0.5, 0.6) is 0 Å². The standard InChI is InChI=1S/C13H26N4O3/c1-4-15-13(19)11-9-14-5-7-17(11)10(2)12(18)16-6-8-20-3/h10-11,14H,4-9H2,1-3H3,(H,15,19)(H,16,18). The third-order valence-corrected chi connectivity index (χ3v) is 3.42. The molecule has 1 aliphatic heterocycles. The van der Waals surface area contributed by atoms with Crippen molar-refractivity contribution in [1.29, 1.82) is 0 Å². The van der Waals surface area contributed by atoms with Crippen LogP contribution in [0, 0.1) is 0 Å². The Kier molecular flexibility index (Phi) is 7.50. The van der Waals surface area contributed by atoms with E-state index in [1.165, 1.54) is 0 Å². The van der Waals surface area contributed by atoms with Gasteiger partial charge in [-0.15, -0.1) is 0 Å². The van der Waals surface area contributed by atoms with Crippen LogP contribution in [-0.4, -0.2) is 75.2 Å². The molecule has 1 saturated heterocycles. The van der Waals surface area contributed by atoms with Crippen molar-refractivity contribution in [3.63, 3.8) is 0 Å². The van der Waals surface area contributed by atoms with Gasteiger partial charge in [0.15, 0.2) is 0 Å². The van der Waals surface area contributed by atoms with Gasteiger partial charge in [-0.1, -0.05) is 0 Å². The molecule has 7 heteroatoms. The fourth-order valence-corrected chi connectivity index (χ4v) is 2.29. The van der Waals surface area contributed by atoms with Gasteiger partial charge < -0.3 is 20.7 Å². The SMILES string of the molecule is CCNC(=O)C1CNCCN1C(C)C(=O)NCCOC. The lowest BCUT2D eigenvalue weighted by Gasteiger charge is -2.38. The third kappa shape index (κ3) is 4.73. The largest absolute Gasteiger partial charge is 0.383 e. The van der Waals surface area contributed by atoms with Crippen LogP contribution in [0.3, 0.4) is 0 Å². The van der Waals surface area contributed by atoms with Gasteiger partial charge in [0, 0.05) is 39.8 Å². The zero-order valence-corrected chi connectivity index (χ0v) is 12.6. The van der Waals surface area contributed by atoms with Crippen LogP contribution >= 0.6 is 0 Å². The molecule has 2 amide bonds. The Balaban J connectivity index is 2.59. The van der Waals surface area contributed by atoms with Gasteiger partial charge >= 0.3 is 0 Å². The fourth-order valence-electron chi connectivity index (χ4n) is 2.29. The Morgan fingerprint density at radius 2 is 2.20 bits per heavy atom. The summed E-state index contributed by atoms with van der Waals surface area (Å²) in [5, 5.41) is 8.83. The lowest BCUT2D eigenvalue weighted by molar-refractivity contribution is -0.133. The van der Waals surface area contributed by atoms with Crippen molar-refractivity contribution in [2.45, 2.75) is 25.9 Å². The van der Waals surface area contributed by atoms with Crippen LogP contribution in [0.1, 0.15) is 13.8 Å². The number of rotatable bonds is 7. The highest BCUT2D eigenvalue weighted by atomic mass is 16.5. The second-order valence-corrected chi connectivity index (χ2v) is 4.81. The Morgan fingerprint density at radius 1 is 1.45 bits per heavy atom. The first-order valence-electron chi connectivity index (χ1n) is 7.12. The van der Waals surface area contributed by atoms with E-state index in [0.717, 1.165) is 6.54 Å². The lowest BCUT2D eigenvalue weighted by atomic mass is 10.1. The average Bonchev–Trinajstić information content (AvgIpc) is 2.47. The molecule has 2 unspecified atom stereocenters. The van der Waals surface area contributed by atoms with E-state index in [1.54, 1.807) is 7.11 Å². The molecule has 0 radical (unpaired) electrons. The quantitative estimate of drug-likeness (QED) is 0.499. The first-order valence-corrected chi connectivity index (χ1v) is 7.12. The van der Waals surface area contributed by atoms with Crippen LogP contribution in [0.25, 0.3) is 0 Å². The molecule has 1 fully saturated rings. The number of likely N-dealkylation sites (N-methyl/N-ethyl adjacent to an activating group) is 1. The van der Waals surface area contributed by atoms with Crippen LogP contribution < -0.4 is 16.0 Å². The first kappa shape index (κ1) is 16.9. The molecule has 1 aliphatic rings. The minimum atomic E-state index is -0.332. The van der Waals surface area contributed by atoms with Crippen molar-refractivity contribution in [3.8, 4) is 0 Å². The average molecular weight is 286 g/mol. The zero-order valence-electron chi connectivity index (χ0n) is 12.6. The molecule has 116 valence electrons. The first-order chi connectivity index (χ1) is 9.61. The summed E-state index contributed by atoms with van der Waals surface area (Å²) >= 11 is 0. The van der Waals surface area contributed by atoms with E-state index < -0.39 is 0 Å². The molecule has 2 atom stereocenters. The third-order valence-electron chi connectivity index (χ3n) is 3.42. The number of carbonyl (C=O) groups is 2. The van der Waals surface area contributed by atoms with Crippen molar-refractivity contribution < 1.29 is 14.3 Å². The molecule has 1 heterocycles. The smallest absolute Gasteiger partial charge is 0.238 e. The molecule has 0 aromatic heterocycles. The molecule has 20 heavy (non-hydrogen) atoms. The second kappa shape index (κ2) is 8.89. The van der Waals surface area contributed by atoms with Gasteiger partial charge in [-0.3, -0.25) is 14.5 Å². The monoisotopic (exact) mass is 286 g/mol. The highest BCUT2D eigenvalue weighted by Crippen LogP contribution is 2.09. The topological polar surface area (TPSA) is 82.7 Å². The van der Waals surface area contributed by atoms with E-state index in [4.69, 9.17) is 4.74 Å². The summed E-state index contributed by atoms with van der Waals surface area (Å²) < 4.78 is 4.91. The summed E-state index contributed by atoms with van der Waals surface area (Å²) in [4.78, 5) is 26.1. The number of hydrogen-bond donors (Lipinski definition) is 3. The highest BCUT2D eigenvalue weighted by molar-refractivity contribution is 5.85. The van der Waals surface area contributed by atoms with Crippen molar-refractivity contribution in [3.05, 3.63) is 0 Å². The molecular weight excluding hydrogens is 260 g/mol. The van der Waals surface area contributed by atoms with E-state index >= 15 is 0 Å². The molecule has 3 N–H and O–H groups in total. The number of hydrogen-bond acceptors (Lipinski definition) is 5. The number of nitrogens with zero attached hydrogens (tertiary/aromatic N) is 1. The molecular formula is C13H26N4O3. The van der Waals surface area contributed by atoms with E-state index in [0.29, 0.717) is 32.8 Å². The Labute approximate surface area is 120 Å². The van der Waals surface area contributed by atoms with Gasteiger partial charge in [0.1, 0.15) is 6.04 Å². The molecule has 0 bridgehead atoms. The summed E-state index contributed by atoms with van der Waals surface area (Å²) in [5.41, 5.74) is 0. The molecule has 1 rings (SSSR count). The van der Waals surface area contributed by atoms with Gasteiger partial charge in [0.25, 0.3) is 0 Å². The minimum Gasteiger partial charge on any atom is -0.383 e. The summed E-state index contributed by atoms with van der Waals surface area (Å²) in [5.74, 6) is -0.102. The van der Waals surface area contributed by atoms with E-state index in [-0.39, 0.29) is 23.9 Å². The fraction of sp³-hybridized carbons (Fsp3) is 0.846. The number of nitrogens with one attached hydrogen (secondary N) is 3. The van der Waals surface area contributed by atoms with Crippen LogP contribution in [-0.2, 0) is 14.3 Å². The van der Waals surface area contributed by atoms with Gasteiger partial charge in [-0.2, -0.15) is 0 Å². The van der Waals surface area contributed by atoms with Crippen molar-refractivity contribution in [2.75, 3.05) is 46.4 Å². The van der Waals surface area contributed by atoms with E-state index in [2.05, 4.69) is 16.0 Å². The lowest BCUT2D eigenvalue weighted by Crippen LogP contribution is -2.62. The molecule has 0 aromatic rings. The number of amides is 2. The van der Waals surface area contributed by atoms with Crippen molar-refractivity contribution >= 4 is 11.8 Å². The van der Waals surface area contributed by atoms with Gasteiger partial charge in [0.2, 0.25) is 11.8 Å². The summed E-state index contributed by atoms with van der Waals surface area (Å²) in [6.45, 7) is 7.32. The number of carbonyl (C=O) groups excluding carboxylic acids is 2. The number of ether oxygens (including phenoxy) is 1. The molecule has 0 saturated carbocycles. The van der Waals surface area contributed by atoms with Crippen molar-refractivity contribution in [2.24, 2.45) is 0 Å². The molecule has 0 aromatic carbocycles. The predicted molar refractivity (Wildman–Crippen MR) is 76.4 cm³/mol. The Morgan fingerprint density at radius 3 is 2.85 bits per heavy atom. The minimum absolute atomic E-state index is 0.0313. The zero-order chi connectivity index (χ0) is 15.0. The van der Waals surface area contributed by atoms with Crippen LogP contribution in [0.2, 0.25) is 0 Å². The summed E-state index contributed by atoms with van der Waals surface area (Å²) in [6.07, 6.45) is 0. The number of piperazine rings is 1.